The van der Waals surface area contributed by atoms with Crippen molar-refractivity contribution in [2.24, 2.45) is 0 Å². The van der Waals surface area contributed by atoms with Gasteiger partial charge in [0, 0.05) is 30.9 Å². The Labute approximate surface area is 144 Å². The Morgan fingerprint density at radius 1 is 1.12 bits per heavy atom. The van der Waals surface area contributed by atoms with E-state index in [4.69, 9.17) is 0 Å². The van der Waals surface area contributed by atoms with Crippen LogP contribution < -0.4 is 5.32 Å². The first-order valence-corrected chi connectivity index (χ1v) is 8.32. The predicted molar refractivity (Wildman–Crippen MR) is 97.9 cm³/mol. The van der Waals surface area contributed by atoms with Gasteiger partial charge in [0.05, 0.1) is 6.04 Å². The minimum atomic E-state index is -0.157. The standard InChI is InChI=1S/C20H27N3O/c1-15(17-10-9-13-21-14-17)23(5)19(24)22-16(2)20(3,4)18-11-7-6-8-12-18/h6-16H,1-5H3,(H,22,24)/t15-,16-/m1/s1. The highest BCUT2D eigenvalue weighted by Gasteiger charge is 2.30. The molecule has 0 fully saturated rings. The van der Waals surface area contributed by atoms with E-state index in [-0.39, 0.29) is 23.5 Å². The maximum Gasteiger partial charge on any atom is 0.317 e. The number of hydrogen-bond donors (Lipinski definition) is 1. The Balaban J connectivity index is 2.05. The Hall–Kier alpha value is -2.36. The van der Waals surface area contributed by atoms with Gasteiger partial charge >= 0.3 is 6.03 Å². The molecule has 0 spiro atoms. The number of urea groups is 1. The van der Waals surface area contributed by atoms with E-state index in [9.17, 15) is 4.79 Å². The van der Waals surface area contributed by atoms with Crippen molar-refractivity contribution in [3.8, 4) is 0 Å². The first kappa shape index (κ1) is 18.0. The molecule has 2 aromatic rings. The third-order valence-corrected chi connectivity index (χ3v) is 5.01. The molecule has 4 nitrogen and oxygen atoms in total. The monoisotopic (exact) mass is 325 g/mol. The number of nitrogens with zero attached hydrogens (tertiary/aromatic N) is 2. The number of hydrogen-bond acceptors (Lipinski definition) is 2. The molecule has 128 valence electrons. The van der Waals surface area contributed by atoms with Crippen LogP contribution in [0.4, 0.5) is 4.79 Å². The largest absolute Gasteiger partial charge is 0.335 e. The molecule has 4 heteroatoms. The van der Waals surface area contributed by atoms with Gasteiger partial charge in [-0.2, -0.15) is 0 Å². The molecular formula is C20H27N3O. The van der Waals surface area contributed by atoms with E-state index in [1.54, 1.807) is 17.3 Å². The average molecular weight is 325 g/mol. The van der Waals surface area contributed by atoms with Gasteiger partial charge in [-0.15, -0.1) is 0 Å². The zero-order valence-corrected chi connectivity index (χ0v) is 15.2. The fraction of sp³-hybridized carbons (Fsp3) is 0.400. The van der Waals surface area contributed by atoms with Gasteiger partial charge in [0.25, 0.3) is 0 Å². The molecule has 0 aliphatic carbocycles. The highest BCUT2D eigenvalue weighted by atomic mass is 16.2. The third-order valence-electron chi connectivity index (χ3n) is 5.01. The number of carbonyl (C=O) groups is 1. The SMILES string of the molecule is C[C@H](c1cccnc1)N(C)C(=O)N[C@H](C)C(C)(C)c1ccccc1. The van der Waals surface area contributed by atoms with Crippen molar-refractivity contribution < 1.29 is 4.79 Å². The van der Waals surface area contributed by atoms with E-state index in [1.807, 2.05) is 51.2 Å². The minimum absolute atomic E-state index is 0.00375. The van der Waals surface area contributed by atoms with Crippen LogP contribution in [0.15, 0.2) is 54.9 Å². The van der Waals surface area contributed by atoms with Gasteiger partial charge in [-0.05, 0) is 31.0 Å². The Morgan fingerprint density at radius 2 is 1.79 bits per heavy atom. The van der Waals surface area contributed by atoms with Crippen LogP contribution in [0.5, 0.6) is 0 Å². The van der Waals surface area contributed by atoms with Crippen molar-refractivity contribution in [2.45, 2.75) is 45.2 Å². The number of carbonyl (C=O) groups excluding carboxylic acids is 1. The quantitative estimate of drug-likeness (QED) is 0.897. The zero-order chi connectivity index (χ0) is 17.7. The molecule has 0 saturated heterocycles. The van der Waals surface area contributed by atoms with Crippen LogP contribution in [0.2, 0.25) is 0 Å². The molecule has 1 aromatic carbocycles. The summed E-state index contributed by atoms with van der Waals surface area (Å²) >= 11 is 0. The molecule has 1 heterocycles. The van der Waals surface area contributed by atoms with Gasteiger partial charge in [0.2, 0.25) is 0 Å². The van der Waals surface area contributed by atoms with Crippen LogP contribution in [-0.2, 0) is 5.41 Å². The molecule has 0 saturated carbocycles. The summed E-state index contributed by atoms with van der Waals surface area (Å²) in [5.41, 5.74) is 2.07. The van der Waals surface area contributed by atoms with Gasteiger partial charge < -0.3 is 10.2 Å². The van der Waals surface area contributed by atoms with Gasteiger partial charge in [0.1, 0.15) is 0 Å². The molecule has 0 unspecified atom stereocenters. The number of pyridine rings is 1. The van der Waals surface area contributed by atoms with Gasteiger partial charge in [-0.1, -0.05) is 50.2 Å². The smallest absolute Gasteiger partial charge is 0.317 e. The van der Waals surface area contributed by atoms with Crippen LogP contribution in [0.25, 0.3) is 0 Å². The van der Waals surface area contributed by atoms with Crippen molar-refractivity contribution in [2.75, 3.05) is 7.05 Å². The summed E-state index contributed by atoms with van der Waals surface area (Å²) in [6.45, 7) is 8.35. The molecule has 2 amide bonds. The molecule has 1 N–H and O–H groups in total. The maximum absolute atomic E-state index is 12.6. The van der Waals surface area contributed by atoms with Crippen LogP contribution in [-0.4, -0.2) is 29.0 Å². The van der Waals surface area contributed by atoms with E-state index in [2.05, 4.69) is 36.3 Å². The second-order valence-electron chi connectivity index (χ2n) is 6.83. The minimum Gasteiger partial charge on any atom is -0.335 e. The Bertz CT molecular complexity index is 655. The first-order valence-electron chi connectivity index (χ1n) is 8.32. The van der Waals surface area contributed by atoms with Crippen LogP contribution in [0, 0.1) is 0 Å². The molecule has 0 aliphatic heterocycles. The fourth-order valence-electron chi connectivity index (χ4n) is 2.61. The lowest BCUT2D eigenvalue weighted by Gasteiger charge is -2.35. The molecule has 0 radical (unpaired) electrons. The summed E-state index contributed by atoms with van der Waals surface area (Å²) in [5, 5.41) is 3.14. The van der Waals surface area contributed by atoms with Crippen LogP contribution in [0.1, 0.15) is 44.9 Å². The zero-order valence-electron chi connectivity index (χ0n) is 15.2. The number of amides is 2. The van der Waals surface area contributed by atoms with Crippen molar-refractivity contribution in [1.29, 1.82) is 0 Å². The highest BCUT2D eigenvalue weighted by molar-refractivity contribution is 5.75. The van der Waals surface area contributed by atoms with Gasteiger partial charge in [-0.3, -0.25) is 4.98 Å². The van der Waals surface area contributed by atoms with Crippen molar-refractivity contribution in [1.82, 2.24) is 15.2 Å². The third kappa shape index (κ3) is 3.94. The Morgan fingerprint density at radius 3 is 2.38 bits per heavy atom. The lowest BCUT2D eigenvalue weighted by Crippen LogP contribution is -2.50. The fourth-order valence-corrected chi connectivity index (χ4v) is 2.61. The normalized spacial score (nSPS) is 13.9. The lowest BCUT2D eigenvalue weighted by molar-refractivity contribution is 0.185. The van der Waals surface area contributed by atoms with E-state index in [0.29, 0.717) is 0 Å². The van der Waals surface area contributed by atoms with Crippen LogP contribution in [0.3, 0.4) is 0 Å². The van der Waals surface area contributed by atoms with E-state index < -0.39 is 0 Å². The molecule has 1 aromatic heterocycles. The number of benzene rings is 1. The topological polar surface area (TPSA) is 45.2 Å². The molecule has 24 heavy (non-hydrogen) atoms. The number of nitrogens with one attached hydrogen (secondary N) is 1. The maximum atomic E-state index is 12.6. The van der Waals surface area contributed by atoms with E-state index in [1.165, 1.54) is 5.56 Å². The predicted octanol–water partition coefficient (Wildman–Crippen LogP) is 4.15. The van der Waals surface area contributed by atoms with E-state index in [0.717, 1.165) is 5.56 Å². The lowest BCUT2D eigenvalue weighted by atomic mass is 9.78. The summed E-state index contributed by atoms with van der Waals surface area (Å²) in [6, 6.07) is 14.0. The van der Waals surface area contributed by atoms with Gasteiger partial charge in [0.15, 0.2) is 0 Å². The first-order chi connectivity index (χ1) is 11.3. The van der Waals surface area contributed by atoms with Crippen molar-refractivity contribution in [3.63, 3.8) is 0 Å². The highest BCUT2D eigenvalue weighted by Crippen LogP contribution is 2.27. The molecule has 0 aliphatic rings. The van der Waals surface area contributed by atoms with Crippen molar-refractivity contribution >= 4 is 6.03 Å². The Kier molecular flexibility index (Phi) is 5.60. The summed E-state index contributed by atoms with van der Waals surface area (Å²) < 4.78 is 0. The summed E-state index contributed by atoms with van der Waals surface area (Å²) in [4.78, 5) is 18.5. The molecule has 0 bridgehead atoms. The molecular weight excluding hydrogens is 298 g/mol. The summed E-state index contributed by atoms with van der Waals surface area (Å²) in [7, 11) is 1.81. The number of aromatic nitrogens is 1. The van der Waals surface area contributed by atoms with Crippen molar-refractivity contribution in [3.05, 3.63) is 66.0 Å². The average Bonchev–Trinajstić information content (AvgIpc) is 2.61. The van der Waals surface area contributed by atoms with E-state index >= 15 is 0 Å². The van der Waals surface area contributed by atoms with Crippen LogP contribution >= 0.6 is 0 Å². The van der Waals surface area contributed by atoms with Gasteiger partial charge in [-0.25, -0.2) is 4.79 Å². The second kappa shape index (κ2) is 7.47. The second-order valence-corrected chi connectivity index (χ2v) is 6.83. The molecule has 2 rings (SSSR count). The molecule has 2 atom stereocenters. The summed E-state index contributed by atoms with van der Waals surface area (Å²) in [5.74, 6) is 0. The number of rotatable bonds is 5. The summed E-state index contributed by atoms with van der Waals surface area (Å²) in [6.07, 6.45) is 3.53.